The van der Waals surface area contributed by atoms with Gasteiger partial charge in [-0.05, 0) is 42.7 Å². The number of carbonyl (C=O) groups excluding carboxylic acids is 2. The molecule has 0 unspecified atom stereocenters. The number of hydrogen-bond donors (Lipinski definition) is 2. The Morgan fingerprint density at radius 3 is 2.52 bits per heavy atom. The van der Waals surface area contributed by atoms with Gasteiger partial charge in [-0.2, -0.15) is 0 Å². The highest BCUT2D eigenvalue weighted by molar-refractivity contribution is 7.22. The Labute approximate surface area is 259 Å². The van der Waals surface area contributed by atoms with Crippen molar-refractivity contribution < 1.29 is 18.7 Å². The summed E-state index contributed by atoms with van der Waals surface area (Å²) in [6.45, 7) is 5.45. The lowest BCUT2D eigenvalue weighted by atomic mass is 10.2. The van der Waals surface area contributed by atoms with Crippen LogP contribution < -0.4 is 15.4 Å². The molecule has 0 atom stereocenters. The Kier molecular flexibility index (Phi) is 9.01. The highest BCUT2D eigenvalue weighted by Gasteiger charge is 2.23. The van der Waals surface area contributed by atoms with Crippen molar-refractivity contribution in [3.63, 3.8) is 0 Å². The second kappa shape index (κ2) is 13.2. The fourth-order valence-electron chi connectivity index (χ4n) is 5.05. The summed E-state index contributed by atoms with van der Waals surface area (Å²) in [5, 5.41) is 5.48. The third-order valence-corrected chi connectivity index (χ3v) is 8.95. The number of nitrogens with zero attached hydrogens (tertiary/aromatic N) is 5. The van der Waals surface area contributed by atoms with E-state index >= 15 is 0 Å². The molecule has 3 aromatic heterocycles. The molecule has 0 radical (unpaired) electrons. The second-order valence-corrected chi connectivity index (χ2v) is 12.5. The molecule has 0 spiro atoms. The number of nitrogens with one attached hydrogen (secondary N) is 2. The molecule has 230 valence electrons. The number of piperazine rings is 1. The molecule has 1 saturated heterocycles. The van der Waals surface area contributed by atoms with Gasteiger partial charge in [0, 0.05) is 96.0 Å². The maximum atomic E-state index is 14.9. The largest absolute Gasteiger partial charge is 0.453 e. The molecule has 1 aliphatic heterocycles. The molecule has 2 aliphatic rings. The number of pyridine rings is 2. The van der Waals surface area contributed by atoms with Crippen LogP contribution in [0.3, 0.4) is 0 Å². The lowest BCUT2D eigenvalue weighted by Gasteiger charge is -2.34. The number of anilines is 1. The van der Waals surface area contributed by atoms with Crippen LogP contribution in [0.5, 0.6) is 11.5 Å². The molecule has 2 N–H and O–H groups in total. The first-order valence-corrected chi connectivity index (χ1v) is 15.7. The molecule has 1 saturated carbocycles. The van der Waals surface area contributed by atoms with E-state index in [9.17, 15) is 14.0 Å². The van der Waals surface area contributed by atoms with Gasteiger partial charge in [0.1, 0.15) is 5.75 Å². The molecule has 1 aliphatic carbocycles. The average molecular weight is 618 g/mol. The van der Waals surface area contributed by atoms with Crippen LogP contribution in [-0.4, -0.2) is 89.5 Å². The maximum Gasteiger partial charge on any atom is 0.319 e. The minimum Gasteiger partial charge on any atom is -0.453 e. The highest BCUT2D eigenvalue weighted by Crippen LogP contribution is 2.39. The Balaban J connectivity index is 1.06. The lowest BCUT2D eigenvalue weighted by Crippen LogP contribution is -2.46. The monoisotopic (exact) mass is 617 g/mol. The lowest BCUT2D eigenvalue weighted by molar-refractivity contribution is -0.129. The number of aromatic nitrogens is 2. The summed E-state index contributed by atoms with van der Waals surface area (Å²) in [6, 6.07) is 12.1. The maximum absolute atomic E-state index is 14.9. The van der Waals surface area contributed by atoms with E-state index in [-0.39, 0.29) is 23.7 Å². The zero-order valence-corrected chi connectivity index (χ0v) is 25.7. The van der Waals surface area contributed by atoms with Crippen molar-refractivity contribution in [2.45, 2.75) is 31.8 Å². The molecule has 0 bridgehead atoms. The smallest absolute Gasteiger partial charge is 0.319 e. The summed E-state index contributed by atoms with van der Waals surface area (Å²) in [4.78, 5) is 40.4. The molecule has 12 heteroatoms. The van der Waals surface area contributed by atoms with Crippen molar-refractivity contribution in [3.8, 4) is 22.1 Å². The zero-order chi connectivity index (χ0) is 30.6. The predicted octanol–water partition coefficient (Wildman–Crippen LogP) is 5.17. The minimum absolute atomic E-state index is 0.0611. The first-order valence-electron chi connectivity index (χ1n) is 14.8. The Morgan fingerprint density at radius 1 is 1.02 bits per heavy atom. The molecular formula is C32H36FN7O3S. The van der Waals surface area contributed by atoms with Crippen LogP contribution in [0.1, 0.15) is 24.8 Å². The Hall–Kier alpha value is -4.13. The minimum atomic E-state index is -0.575. The normalized spacial score (nSPS) is 15.7. The van der Waals surface area contributed by atoms with Crippen molar-refractivity contribution in [2.24, 2.45) is 0 Å². The third kappa shape index (κ3) is 7.50. The first-order chi connectivity index (χ1) is 21.3. The standard InChI is InChI=1S/C32H36FN7O3S/c1-38(2)30(41)10-12-39-13-15-40(16-14-39)20-21-3-7-25(35-19-21)29-18-26-31(44-29)28(9-11-34-26)43-27-8-6-23(17-24(27)33)37-32(42)36-22-4-5-22/h3,6-9,11,17-19,22H,4-5,10,12-16,20H2,1-2H3,(H2,36,37,42). The topological polar surface area (TPSA) is 103 Å². The van der Waals surface area contributed by atoms with Gasteiger partial charge in [0.15, 0.2) is 11.6 Å². The van der Waals surface area contributed by atoms with Crippen molar-refractivity contribution >= 4 is 39.2 Å². The van der Waals surface area contributed by atoms with Crippen LogP contribution >= 0.6 is 11.3 Å². The second-order valence-electron chi connectivity index (χ2n) is 11.5. The van der Waals surface area contributed by atoms with Gasteiger partial charge in [0.05, 0.1) is 20.8 Å². The molecule has 2 fully saturated rings. The predicted molar refractivity (Wildman–Crippen MR) is 170 cm³/mol. The van der Waals surface area contributed by atoms with Crippen LogP contribution in [-0.2, 0) is 11.3 Å². The van der Waals surface area contributed by atoms with Crippen LogP contribution in [0.4, 0.5) is 14.9 Å². The fraction of sp³-hybridized carbons (Fsp3) is 0.375. The number of ether oxygens (including phenoxy) is 1. The van der Waals surface area contributed by atoms with E-state index in [4.69, 9.17) is 9.72 Å². The third-order valence-electron chi connectivity index (χ3n) is 7.79. The van der Waals surface area contributed by atoms with E-state index in [0.29, 0.717) is 17.9 Å². The van der Waals surface area contributed by atoms with Gasteiger partial charge in [-0.15, -0.1) is 11.3 Å². The quantitative estimate of drug-likeness (QED) is 0.253. The molecule has 4 aromatic rings. The summed E-state index contributed by atoms with van der Waals surface area (Å²) >= 11 is 1.49. The Morgan fingerprint density at radius 2 is 1.82 bits per heavy atom. The first kappa shape index (κ1) is 29.9. The number of urea groups is 1. The van der Waals surface area contributed by atoms with E-state index in [1.54, 1.807) is 37.3 Å². The summed E-state index contributed by atoms with van der Waals surface area (Å²) in [5.74, 6) is 0.152. The molecule has 44 heavy (non-hydrogen) atoms. The van der Waals surface area contributed by atoms with Crippen LogP contribution in [0.25, 0.3) is 20.8 Å². The van der Waals surface area contributed by atoms with Gasteiger partial charge in [0.2, 0.25) is 5.91 Å². The van der Waals surface area contributed by atoms with Gasteiger partial charge >= 0.3 is 6.03 Å². The van der Waals surface area contributed by atoms with Crippen molar-refractivity contribution in [1.82, 2.24) is 30.0 Å². The summed E-state index contributed by atoms with van der Waals surface area (Å²) < 4.78 is 21.7. The van der Waals surface area contributed by atoms with E-state index < -0.39 is 5.82 Å². The Bertz CT molecular complexity index is 1630. The van der Waals surface area contributed by atoms with Crippen molar-refractivity contribution in [2.75, 3.05) is 52.1 Å². The van der Waals surface area contributed by atoms with Crippen LogP contribution in [0.15, 0.2) is 54.9 Å². The molecule has 3 amide bonds. The van der Waals surface area contributed by atoms with E-state index in [2.05, 4.69) is 31.5 Å². The van der Waals surface area contributed by atoms with E-state index in [1.807, 2.05) is 18.3 Å². The molecular weight excluding hydrogens is 581 g/mol. The van der Waals surface area contributed by atoms with Gasteiger partial charge in [-0.3, -0.25) is 19.7 Å². The van der Waals surface area contributed by atoms with Gasteiger partial charge in [0.25, 0.3) is 0 Å². The highest BCUT2D eigenvalue weighted by atomic mass is 32.1. The number of hydrogen-bond acceptors (Lipinski definition) is 8. The summed E-state index contributed by atoms with van der Waals surface area (Å²) in [5.41, 5.74) is 3.08. The number of benzene rings is 1. The van der Waals surface area contributed by atoms with Crippen molar-refractivity contribution in [1.29, 1.82) is 0 Å². The van der Waals surface area contributed by atoms with E-state index in [1.165, 1.54) is 23.5 Å². The zero-order valence-electron chi connectivity index (χ0n) is 24.9. The molecule has 1 aromatic carbocycles. The average Bonchev–Trinajstić information content (AvgIpc) is 3.71. The SMILES string of the molecule is CN(C)C(=O)CCN1CCN(Cc2ccc(-c3cc4nccc(Oc5ccc(NC(=O)NC6CC6)cc5F)c4s3)nc2)CC1. The molecule has 6 rings (SSSR count). The van der Waals surface area contributed by atoms with Gasteiger partial charge in [-0.1, -0.05) is 6.07 Å². The number of halogens is 1. The summed E-state index contributed by atoms with van der Waals surface area (Å²) in [7, 11) is 3.59. The van der Waals surface area contributed by atoms with Gasteiger partial charge < -0.3 is 25.2 Å². The van der Waals surface area contributed by atoms with E-state index in [0.717, 1.165) is 78.5 Å². The number of fused-ring (bicyclic) bond motifs is 1. The van der Waals surface area contributed by atoms with Crippen LogP contribution in [0, 0.1) is 5.82 Å². The molecule has 10 nitrogen and oxygen atoms in total. The van der Waals surface area contributed by atoms with Crippen molar-refractivity contribution in [3.05, 3.63) is 66.2 Å². The summed E-state index contributed by atoms with van der Waals surface area (Å²) in [6.07, 6.45) is 6.07. The fourth-order valence-corrected chi connectivity index (χ4v) is 6.09. The van der Waals surface area contributed by atoms with Gasteiger partial charge in [-0.25, -0.2) is 9.18 Å². The molecule has 4 heterocycles. The van der Waals surface area contributed by atoms with Crippen LogP contribution in [0.2, 0.25) is 0 Å². The number of rotatable bonds is 10. The number of carbonyl (C=O) groups is 2. The number of amides is 3. The number of thiophene rings is 1.